The minimum Gasteiger partial charge on any atom is -0.228 e. The van der Waals surface area contributed by atoms with Crippen LogP contribution in [0.5, 0.6) is 0 Å². The van der Waals surface area contributed by atoms with Crippen molar-refractivity contribution in [1.82, 2.24) is 9.97 Å². The minimum atomic E-state index is -0.116. The number of benzene rings is 9. The van der Waals surface area contributed by atoms with Crippen LogP contribution in [0.4, 0.5) is 0 Å². The van der Waals surface area contributed by atoms with Crippen molar-refractivity contribution < 1.29 is 0 Å². The first-order valence-corrected chi connectivity index (χ1v) is 20.4. The van der Waals surface area contributed by atoms with Crippen molar-refractivity contribution in [3.63, 3.8) is 0 Å². The first-order valence-electron chi connectivity index (χ1n) is 20.4. The molecule has 1 aromatic heterocycles. The topological polar surface area (TPSA) is 25.8 Å². The van der Waals surface area contributed by atoms with Gasteiger partial charge in [-0.15, -0.1) is 0 Å². The second-order valence-corrected chi connectivity index (χ2v) is 16.2. The fourth-order valence-electron chi connectivity index (χ4n) is 9.25. The van der Waals surface area contributed by atoms with Gasteiger partial charge in [0.15, 0.2) is 5.82 Å². The number of aromatic nitrogens is 2. The van der Waals surface area contributed by atoms with Gasteiger partial charge in [-0.25, -0.2) is 9.97 Å². The van der Waals surface area contributed by atoms with Crippen molar-refractivity contribution in [3.05, 3.63) is 217 Å². The summed E-state index contributed by atoms with van der Waals surface area (Å²) in [4.78, 5) is 10.5. The Bertz CT molecular complexity index is 3220. The Balaban J connectivity index is 1.05. The molecule has 1 heterocycles. The third-order valence-corrected chi connectivity index (χ3v) is 12.3. The maximum absolute atomic E-state index is 5.30. The summed E-state index contributed by atoms with van der Waals surface area (Å²) in [6, 6.07) is 74.3. The molecule has 0 saturated carbocycles. The van der Waals surface area contributed by atoms with Crippen molar-refractivity contribution >= 4 is 21.5 Å². The number of hydrogen-bond acceptors (Lipinski definition) is 2. The zero-order valence-electron chi connectivity index (χ0n) is 33.0. The average Bonchev–Trinajstić information content (AvgIpc) is 3.53. The van der Waals surface area contributed by atoms with Crippen molar-refractivity contribution in [2.75, 3.05) is 0 Å². The van der Waals surface area contributed by atoms with E-state index in [2.05, 4.69) is 214 Å². The van der Waals surface area contributed by atoms with E-state index in [0.29, 0.717) is 5.82 Å². The molecule has 0 fully saturated rings. The zero-order chi connectivity index (χ0) is 39.5. The summed E-state index contributed by atoms with van der Waals surface area (Å²) in [5, 5.41) is 4.92. The second-order valence-electron chi connectivity index (χ2n) is 16.2. The average molecular weight is 753 g/mol. The van der Waals surface area contributed by atoms with Gasteiger partial charge in [0, 0.05) is 22.1 Å². The molecule has 0 radical (unpaired) electrons. The fraction of sp³-hybridized carbons (Fsp3) is 0.0526. The molecule has 0 saturated heterocycles. The fourth-order valence-corrected chi connectivity index (χ4v) is 9.25. The molecule has 278 valence electrons. The van der Waals surface area contributed by atoms with E-state index in [1.54, 1.807) is 0 Å². The van der Waals surface area contributed by atoms with E-state index in [1.165, 1.54) is 60.7 Å². The van der Waals surface area contributed by atoms with E-state index in [1.807, 2.05) is 6.07 Å². The SMILES string of the molecule is CC1(C)c2cc3ccccc3cc2-c2c(-c3ccc(-c4cc(-c5cccc(-c6ccc(-c7ccccc7)cc6)c5)nc(-c5ccccc5)n4)c4ccccc34)cccc21. The van der Waals surface area contributed by atoms with Crippen molar-refractivity contribution in [2.45, 2.75) is 19.3 Å². The van der Waals surface area contributed by atoms with Crippen LogP contribution in [-0.4, -0.2) is 9.97 Å². The highest BCUT2D eigenvalue weighted by atomic mass is 14.9. The Kier molecular flexibility index (Phi) is 8.20. The molecule has 0 bridgehead atoms. The first-order chi connectivity index (χ1) is 29.0. The first kappa shape index (κ1) is 34.8. The monoisotopic (exact) mass is 752 g/mol. The molecular formula is C57H40N2. The maximum Gasteiger partial charge on any atom is 0.160 e. The summed E-state index contributed by atoms with van der Waals surface area (Å²) in [7, 11) is 0. The zero-order valence-corrected chi connectivity index (χ0v) is 33.0. The van der Waals surface area contributed by atoms with Gasteiger partial charge in [-0.05, 0) is 101 Å². The van der Waals surface area contributed by atoms with Gasteiger partial charge in [-0.3, -0.25) is 0 Å². The lowest BCUT2D eigenvalue weighted by Crippen LogP contribution is -2.14. The van der Waals surface area contributed by atoms with Crippen molar-refractivity contribution in [1.29, 1.82) is 0 Å². The molecular weight excluding hydrogens is 713 g/mol. The summed E-state index contributed by atoms with van der Waals surface area (Å²) in [5.41, 5.74) is 17.4. The van der Waals surface area contributed by atoms with Crippen LogP contribution in [-0.2, 0) is 5.41 Å². The minimum absolute atomic E-state index is 0.116. The number of nitrogens with zero attached hydrogens (tertiary/aromatic N) is 2. The summed E-state index contributed by atoms with van der Waals surface area (Å²) in [6.07, 6.45) is 0. The van der Waals surface area contributed by atoms with Gasteiger partial charge in [-0.2, -0.15) is 0 Å². The molecule has 0 amide bonds. The van der Waals surface area contributed by atoms with E-state index >= 15 is 0 Å². The third-order valence-electron chi connectivity index (χ3n) is 12.3. The van der Waals surface area contributed by atoms with Gasteiger partial charge in [-0.1, -0.05) is 196 Å². The van der Waals surface area contributed by atoms with E-state index in [-0.39, 0.29) is 5.41 Å². The van der Waals surface area contributed by atoms with Crippen LogP contribution in [0.2, 0.25) is 0 Å². The summed E-state index contributed by atoms with van der Waals surface area (Å²) < 4.78 is 0. The number of hydrogen-bond donors (Lipinski definition) is 0. The van der Waals surface area contributed by atoms with Crippen LogP contribution in [0.25, 0.3) is 100.0 Å². The molecule has 0 atom stereocenters. The number of fused-ring (bicyclic) bond motifs is 5. The van der Waals surface area contributed by atoms with Crippen LogP contribution >= 0.6 is 0 Å². The number of rotatable bonds is 6. The molecule has 59 heavy (non-hydrogen) atoms. The summed E-state index contributed by atoms with van der Waals surface area (Å²) in [6.45, 7) is 4.73. The largest absolute Gasteiger partial charge is 0.228 e. The van der Waals surface area contributed by atoms with Gasteiger partial charge in [0.2, 0.25) is 0 Å². The van der Waals surface area contributed by atoms with Crippen LogP contribution in [0, 0.1) is 0 Å². The highest BCUT2D eigenvalue weighted by molar-refractivity contribution is 6.08. The van der Waals surface area contributed by atoms with E-state index < -0.39 is 0 Å². The van der Waals surface area contributed by atoms with Gasteiger partial charge in [0.05, 0.1) is 11.4 Å². The molecule has 1 aliphatic carbocycles. The molecule has 2 heteroatoms. The molecule has 0 unspecified atom stereocenters. The van der Waals surface area contributed by atoms with Gasteiger partial charge < -0.3 is 0 Å². The Morgan fingerprint density at radius 1 is 0.322 bits per heavy atom. The molecule has 0 aliphatic heterocycles. The Morgan fingerprint density at radius 3 is 1.61 bits per heavy atom. The lowest BCUT2D eigenvalue weighted by molar-refractivity contribution is 0.661. The van der Waals surface area contributed by atoms with Gasteiger partial charge in [0.25, 0.3) is 0 Å². The highest BCUT2D eigenvalue weighted by Crippen LogP contribution is 2.54. The predicted molar refractivity (Wildman–Crippen MR) is 247 cm³/mol. The van der Waals surface area contributed by atoms with E-state index in [0.717, 1.165) is 44.6 Å². The van der Waals surface area contributed by atoms with Crippen LogP contribution in [0.3, 0.4) is 0 Å². The third kappa shape index (κ3) is 5.96. The normalized spacial score (nSPS) is 12.7. The summed E-state index contributed by atoms with van der Waals surface area (Å²) in [5.74, 6) is 0.704. The molecule has 11 rings (SSSR count). The second kappa shape index (κ2) is 13.9. The lowest BCUT2D eigenvalue weighted by atomic mass is 9.81. The smallest absolute Gasteiger partial charge is 0.160 e. The van der Waals surface area contributed by atoms with Crippen LogP contribution in [0.1, 0.15) is 25.0 Å². The highest BCUT2D eigenvalue weighted by Gasteiger charge is 2.37. The molecule has 10 aromatic rings. The quantitative estimate of drug-likeness (QED) is 0.169. The van der Waals surface area contributed by atoms with Crippen molar-refractivity contribution in [2.24, 2.45) is 0 Å². The Morgan fingerprint density at radius 2 is 0.864 bits per heavy atom. The Hall–Kier alpha value is -7.42. The van der Waals surface area contributed by atoms with Crippen LogP contribution < -0.4 is 0 Å². The van der Waals surface area contributed by atoms with Crippen LogP contribution in [0.15, 0.2) is 206 Å². The maximum atomic E-state index is 5.30. The Labute approximate surface area is 345 Å². The molecule has 2 nitrogen and oxygen atoms in total. The van der Waals surface area contributed by atoms with Gasteiger partial charge >= 0.3 is 0 Å². The van der Waals surface area contributed by atoms with Gasteiger partial charge in [0.1, 0.15) is 0 Å². The van der Waals surface area contributed by atoms with E-state index in [4.69, 9.17) is 9.97 Å². The standard InChI is InChI=1S/C57H40N2/c1-57(2)51-26-14-25-49(55(51)50-34-42-19-9-10-20-43(42)35-52(50)57)47-31-32-48(46-24-12-11-23-45(46)47)54-36-53(58-56(59-54)40-17-7-4-8-18-40)44-22-13-21-41(33-44)39-29-27-38(28-30-39)37-15-5-3-6-16-37/h3-36H,1-2H3. The lowest BCUT2D eigenvalue weighted by Gasteiger charge is -2.22. The van der Waals surface area contributed by atoms with Crippen molar-refractivity contribution in [3.8, 4) is 78.4 Å². The van der Waals surface area contributed by atoms with E-state index in [9.17, 15) is 0 Å². The summed E-state index contributed by atoms with van der Waals surface area (Å²) >= 11 is 0. The molecule has 0 N–H and O–H groups in total. The predicted octanol–water partition coefficient (Wildman–Crippen LogP) is 15.1. The molecule has 9 aromatic carbocycles. The molecule has 1 aliphatic rings. The molecule has 0 spiro atoms.